The van der Waals surface area contributed by atoms with E-state index in [0.29, 0.717) is 6.01 Å². The van der Waals surface area contributed by atoms with Crippen LogP contribution in [0.4, 0.5) is 0 Å². The lowest BCUT2D eigenvalue weighted by Gasteiger charge is -2.06. The Morgan fingerprint density at radius 2 is 1.83 bits per heavy atom. The van der Waals surface area contributed by atoms with Crippen LogP contribution in [0, 0.1) is 0 Å². The third kappa shape index (κ3) is 2.75. The van der Waals surface area contributed by atoms with Crippen LogP contribution in [-0.2, 0) is 6.54 Å². The van der Waals surface area contributed by atoms with E-state index in [1.807, 2.05) is 11.5 Å². The molecule has 1 heterocycles. The predicted octanol–water partition coefficient (Wildman–Crippen LogP) is -2.51. The van der Waals surface area contributed by atoms with Gasteiger partial charge in [-0.1, -0.05) is 6.92 Å². The molecule has 0 spiro atoms. The maximum atomic E-state index is 5.47. The molecular weight excluding hydrogens is 272 g/mol. The first kappa shape index (κ1) is 17.1. The molecule has 1 aromatic rings. The Morgan fingerprint density at radius 1 is 1.22 bits per heavy atom. The SMILES string of the molecule is CCC([Si])c1c(OC)[n+](CC)c(OC)n1OC.[Cl-]. The van der Waals surface area contributed by atoms with Crippen LogP contribution in [-0.4, -0.2) is 36.3 Å². The summed E-state index contributed by atoms with van der Waals surface area (Å²) >= 11 is 0. The maximum Gasteiger partial charge on any atom is 0.499 e. The van der Waals surface area contributed by atoms with Crippen molar-refractivity contribution in [2.45, 2.75) is 32.4 Å². The van der Waals surface area contributed by atoms with Crippen molar-refractivity contribution in [2.24, 2.45) is 0 Å². The van der Waals surface area contributed by atoms with Crippen molar-refractivity contribution < 1.29 is 31.3 Å². The van der Waals surface area contributed by atoms with Gasteiger partial charge in [-0.25, -0.2) is 0 Å². The molecule has 0 aliphatic carbocycles. The zero-order valence-electron chi connectivity index (χ0n) is 11.5. The average Bonchev–Trinajstić information content (AvgIpc) is 2.69. The summed E-state index contributed by atoms with van der Waals surface area (Å²) in [6, 6.07) is 0.624. The molecule has 18 heavy (non-hydrogen) atoms. The lowest BCUT2D eigenvalue weighted by molar-refractivity contribution is -0.703. The lowest BCUT2D eigenvalue weighted by Crippen LogP contribution is -3.00. The van der Waals surface area contributed by atoms with Gasteiger partial charge >= 0.3 is 11.9 Å². The number of hydrogen-bond acceptors (Lipinski definition) is 3. The molecule has 3 radical (unpaired) electrons. The smallest absolute Gasteiger partial charge is 0.499 e. The van der Waals surface area contributed by atoms with Crippen LogP contribution in [0.5, 0.6) is 11.9 Å². The fraction of sp³-hybridized carbons (Fsp3) is 0.727. The van der Waals surface area contributed by atoms with Crippen molar-refractivity contribution in [1.82, 2.24) is 4.73 Å². The van der Waals surface area contributed by atoms with E-state index >= 15 is 0 Å². The summed E-state index contributed by atoms with van der Waals surface area (Å²) in [6.45, 7) is 4.87. The van der Waals surface area contributed by atoms with Gasteiger partial charge in [0.15, 0.2) is 0 Å². The van der Waals surface area contributed by atoms with Gasteiger partial charge in [-0.05, 0) is 18.1 Å². The van der Waals surface area contributed by atoms with Crippen molar-refractivity contribution in [3.63, 3.8) is 0 Å². The second-order valence-electron chi connectivity index (χ2n) is 3.56. The molecule has 0 saturated heterocycles. The number of methoxy groups -OCH3 is 2. The predicted molar refractivity (Wildman–Crippen MR) is 64.7 cm³/mol. The molecule has 1 rings (SSSR count). The van der Waals surface area contributed by atoms with Crippen LogP contribution in [0.1, 0.15) is 31.5 Å². The number of halogens is 1. The number of hydrogen-bond donors (Lipinski definition) is 0. The summed E-state index contributed by atoms with van der Waals surface area (Å²) in [7, 11) is 8.56. The fourth-order valence-electron chi connectivity index (χ4n) is 1.87. The monoisotopic (exact) mass is 291 g/mol. The average molecular weight is 292 g/mol. The third-order valence-electron chi connectivity index (χ3n) is 2.70. The zero-order chi connectivity index (χ0) is 13.0. The molecule has 0 N–H and O–H groups in total. The van der Waals surface area contributed by atoms with Crippen LogP contribution >= 0.6 is 0 Å². The number of nitrogens with zero attached hydrogens (tertiary/aromatic N) is 2. The molecule has 1 unspecified atom stereocenters. The first-order valence-electron chi connectivity index (χ1n) is 5.68. The van der Waals surface area contributed by atoms with Gasteiger partial charge in [0.1, 0.15) is 7.11 Å². The summed E-state index contributed by atoms with van der Waals surface area (Å²) in [4.78, 5) is 5.38. The van der Waals surface area contributed by atoms with E-state index in [9.17, 15) is 0 Å². The second kappa shape index (κ2) is 7.53. The molecule has 7 heteroatoms. The second-order valence-corrected chi connectivity index (χ2v) is 4.26. The molecule has 0 bridgehead atoms. The van der Waals surface area contributed by atoms with E-state index in [2.05, 4.69) is 17.2 Å². The molecule has 5 nitrogen and oxygen atoms in total. The van der Waals surface area contributed by atoms with Crippen LogP contribution in [0.25, 0.3) is 0 Å². The van der Waals surface area contributed by atoms with Gasteiger partial charge in [-0.3, -0.25) is 0 Å². The Bertz CT molecular complexity index is 355. The highest BCUT2D eigenvalue weighted by Crippen LogP contribution is 2.28. The molecule has 0 saturated carbocycles. The lowest BCUT2D eigenvalue weighted by atomic mass is 10.2. The minimum absolute atomic E-state index is 0. The van der Waals surface area contributed by atoms with Crippen molar-refractivity contribution in [3.05, 3.63) is 5.69 Å². The van der Waals surface area contributed by atoms with Crippen LogP contribution in [0.3, 0.4) is 0 Å². The normalized spacial score (nSPS) is 11.7. The topological polar surface area (TPSA) is 36.5 Å². The van der Waals surface area contributed by atoms with E-state index in [0.717, 1.165) is 24.5 Å². The summed E-state index contributed by atoms with van der Waals surface area (Å²) in [6.07, 6.45) is 0.924. The number of imidazole rings is 1. The quantitative estimate of drug-likeness (QED) is 0.429. The highest BCUT2D eigenvalue weighted by molar-refractivity contribution is 6.12. The number of ether oxygens (including phenoxy) is 2. The van der Waals surface area contributed by atoms with Crippen molar-refractivity contribution in [1.29, 1.82) is 0 Å². The molecule has 103 valence electrons. The fourth-order valence-corrected chi connectivity index (χ4v) is 2.11. The van der Waals surface area contributed by atoms with Gasteiger partial charge < -0.3 is 26.7 Å². The van der Waals surface area contributed by atoms with Gasteiger partial charge in [0, 0.05) is 15.8 Å². The minimum Gasteiger partial charge on any atom is -1.00 e. The van der Waals surface area contributed by atoms with Crippen LogP contribution < -0.4 is 31.3 Å². The first-order chi connectivity index (χ1) is 8.15. The first-order valence-corrected chi connectivity index (χ1v) is 6.25. The zero-order valence-corrected chi connectivity index (χ0v) is 13.2. The molecule has 0 aromatic carbocycles. The Hall–Kier alpha value is -0.883. The Morgan fingerprint density at radius 3 is 2.17 bits per heavy atom. The minimum atomic E-state index is 0. The van der Waals surface area contributed by atoms with Gasteiger partial charge in [-0.15, -0.1) is 0 Å². The molecule has 0 aliphatic heterocycles. The standard InChI is InChI=1S/C11H20N2O3Si.ClH/c1-6-8(17)9-10(14-3)12(7-2)11(15-4)13(9)16-5;/h8H,6-7H2,1-5H3;1H/q+1;/p-1. The van der Waals surface area contributed by atoms with E-state index in [1.165, 1.54) is 0 Å². The van der Waals surface area contributed by atoms with E-state index in [4.69, 9.17) is 14.3 Å². The molecule has 1 aromatic heterocycles. The van der Waals surface area contributed by atoms with Crippen LogP contribution in [0.2, 0.25) is 0 Å². The van der Waals surface area contributed by atoms with Crippen molar-refractivity contribution in [3.8, 4) is 11.9 Å². The molecular formula is C11H20ClN2O3Si. The number of aromatic nitrogens is 2. The van der Waals surface area contributed by atoms with Gasteiger partial charge in [0.2, 0.25) is 5.69 Å². The van der Waals surface area contributed by atoms with Crippen LogP contribution in [0.15, 0.2) is 0 Å². The summed E-state index contributed by atoms with van der Waals surface area (Å²) in [5.41, 5.74) is 1.07. The molecule has 0 aliphatic rings. The van der Waals surface area contributed by atoms with Crippen molar-refractivity contribution >= 4 is 10.2 Å². The van der Waals surface area contributed by atoms with Crippen molar-refractivity contribution in [2.75, 3.05) is 21.3 Å². The van der Waals surface area contributed by atoms with E-state index < -0.39 is 0 Å². The summed E-state index contributed by atoms with van der Waals surface area (Å²) in [5.74, 6) is 0.757. The summed E-state index contributed by atoms with van der Waals surface area (Å²) < 4.78 is 14.4. The Kier molecular flexibility index (Phi) is 7.16. The highest BCUT2D eigenvalue weighted by atomic mass is 35.5. The Balaban J connectivity index is 0.00000289. The van der Waals surface area contributed by atoms with Gasteiger partial charge in [0.25, 0.3) is 0 Å². The van der Waals surface area contributed by atoms with Gasteiger partial charge in [-0.2, -0.15) is 4.57 Å². The Labute approximate surface area is 118 Å². The highest BCUT2D eigenvalue weighted by Gasteiger charge is 2.36. The molecule has 0 amide bonds. The van der Waals surface area contributed by atoms with E-state index in [-0.39, 0.29) is 17.9 Å². The van der Waals surface area contributed by atoms with Gasteiger partial charge in [0.05, 0.1) is 20.8 Å². The third-order valence-corrected chi connectivity index (χ3v) is 3.38. The maximum absolute atomic E-state index is 5.47. The van der Waals surface area contributed by atoms with E-state index in [1.54, 1.807) is 26.1 Å². The summed E-state index contributed by atoms with van der Waals surface area (Å²) in [5, 5.41) is 0. The molecule has 1 atom stereocenters. The molecule has 0 fully saturated rings. The number of rotatable bonds is 6. The largest absolute Gasteiger partial charge is 1.00 e.